The maximum Gasteiger partial charge on any atom is 0.119 e. The van der Waals surface area contributed by atoms with Crippen LogP contribution in [0.25, 0.3) is 0 Å². The molecule has 0 N–H and O–H groups in total. The lowest BCUT2D eigenvalue weighted by atomic mass is 9.96. The van der Waals surface area contributed by atoms with E-state index in [1.165, 1.54) is 11.1 Å². The number of ether oxygens (including phenoxy) is 1. The summed E-state index contributed by atoms with van der Waals surface area (Å²) < 4.78 is 6.56. The van der Waals surface area contributed by atoms with Crippen LogP contribution < -0.4 is 4.74 Å². The number of nitrogens with zero attached hydrogens (tertiary/aromatic N) is 2. The van der Waals surface area contributed by atoms with Crippen molar-refractivity contribution in [2.75, 3.05) is 39.8 Å². The SMILES string of the molecule is C=CCN1CCN(C(c2ccc(Br)cc2)c2cccc(OC)c2)CC1. The Balaban J connectivity index is 1.89. The second-order valence-electron chi connectivity index (χ2n) is 6.36. The van der Waals surface area contributed by atoms with Gasteiger partial charge in [0.1, 0.15) is 5.75 Å². The molecule has 0 bridgehead atoms. The number of hydrogen-bond donors (Lipinski definition) is 0. The Bertz CT molecular complexity index is 693. The van der Waals surface area contributed by atoms with Gasteiger partial charge in [-0.15, -0.1) is 6.58 Å². The molecule has 132 valence electrons. The molecule has 2 aromatic rings. The van der Waals surface area contributed by atoms with Crippen LogP contribution in [0.5, 0.6) is 5.75 Å². The van der Waals surface area contributed by atoms with Crippen LogP contribution in [-0.4, -0.2) is 49.6 Å². The van der Waals surface area contributed by atoms with Crippen LogP contribution in [0.2, 0.25) is 0 Å². The molecule has 1 heterocycles. The van der Waals surface area contributed by atoms with Gasteiger partial charge in [0, 0.05) is 37.2 Å². The minimum Gasteiger partial charge on any atom is -0.497 e. The summed E-state index contributed by atoms with van der Waals surface area (Å²) in [6.07, 6.45) is 1.99. The predicted molar refractivity (Wildman–Crippen MR) is 107 cm³/mol. The maximum atomic E-state index is 5.45. The number of benzene rings is 2. The van der Waals surface area contributed by atoms with E-state index in [4.69, 9.17) is 4.74 Å². The molecule has 0 spiro atoms. The highest BCUT2D eigenvalue weighted by Crippen LogP contribution is 2.32. The number of methoxy groups -OCH3 is 1. The van der Waals surface area contributed by atoms with Gasteiger partial charge >= 0.3 is 0 Å². The van der Waals surface area contributed by atoms with Gasteiger partial charge in [-0.2, -0.15) is 0 Å². The molecule has 1 unspecified atom stereocenters. The van der Waals surface area contributed by atoms with Gasteiger partial charge in [0.25, 0.3) is 0 Å². The number of piperazine rings is 1. The van der Waals surface area contributed by atoms with Gasteiger partial charge in [0.15, 0.2) is 0 Å². The minimum absolute atomic E-state index is 0.245. The summed E-state index contributed by atoms with van der Waals surface area (Å²) in [4.78, 5) is 5.02. The zero-order valence-electron chi connectivity index (χ0n) is 14.7. The van der Waals surface area contributed by atoms with Crippen LogP contribution >= 0.6 is 15.9 Å². The Morgan fingerprint density at radius 1 is 1.08 bits per heavy atom. The normalized spacial score (nSPS) is 17.2. The first-order chi connectivity index (χ1) is 12.2. The van der Waals surface area contributed by atoms with Crippen LogP contribution in [0.1, 0.15) is 17.2 Å². The second-order valence-corrected chi connectivity index (χ2v) is 7.27. The maximum absolute atomic E-state index is 5.45. The largest absolute Gasteiger partial charge is 0.497 e. The van der Waals surface area contributed by atoms with Crippen molar-refractivity contribution in [2.45, 2.75) is 6.04 Å². The Hall–Kier alpha value is -1.62. The fraction of sp³-hybridized carbons (Fsp3) is 0.333. The van der Waals surface area contributed by atoms with E-state index in [0.717, 1.165) is 42.9 Å². The van der Waals surface area contributed by atoms with Gasteiger partial charge in [-0.3, -0.25) is 9.80 Å². The van der Waals surface area contributed by atoms with Gasteiger partial charge < -0.3 is 4.74 Å². The summed E-state index contributed by atoms with van der Waals surface area (Å²) in [6.45, 7) is 9.07. The first-order valence-corrected chi connectivity index (χ1v) is 9.47. The number of rotatable bonds is 6. The average molecular weight is 401 g/mol. The fourth-order valence-electron chi connectivity index (χ4n) is 3.46. The molecule has 2 aromatic carbocycles. The van der Waals surface area contributed by atoms with Crippen LogP contribution in [-0.2, 0) is 0 Å². The molecular formula is C21H25BrN2O. The number of halogens is 1. The summed E-state index contributed by atoms with van der Waals surface area (Å²) in [7, 11) is 1.72. The molecule has 0 aromatic heterocycles. The molecule has 1 aliphatic rings. The molecule has 1 fully saturated rings. The molecule has 3 rings (SSSR count). The van der Waals surface area contributed by atoms with Crippen molar-refractivity contribution in [3.8, 4) is 5.75 Å². The summed E-state index contributed by atoms with van der Waals surface area (Å²) in [5, 5.41) is 0. The summed E-state index contributed by atoms with van der Waals surface area (Å²) >= 11 is 3.55. The molecule has 4 heteroatoms. The van der Waals surface area contributed by atoms with Crippen molar-refractivity contribution < 1.29 is 4.74 Å². The Morgan fingerprint density at radius 2 is 1.80 bits per heavy atom. The monoisotopic (exact) mass is 400 g/mol. The smallest absolute Gasteiger partial charge is 0.119 e. The van der Waals surface area contributed by atoms with E-state index >= 15 is 0 Å². The molecule has 25 heavy (non-hydrogen) atoms. The van der Waals surface area contributed by atoms with Crippen molar-refractivity contribution in [2.24, 2.45) is 0 Å². The van der Waals surface area contributed by atoms with E-state index in [1.54, 1.807) is 7.11 Å². The average Bonchev–Trinajstić information content (AvgIpc) is 2.65. The quantitative estimate of drug-likeness (QED) is 0.670. The van der Waals surface area contributed by atoms with E-state index in [-0.39, 0.29) is 6.04 Å². The highest BCUT2D eigenvalue weighted by molar-refractivity contribution is 9.10. The molecule has 1 saturated heterocycles. The van der Waals surface area contributed by atoms with Crippen molar-refractivity contribution in [3.63, 3.8) is 0 Å². The van der Waals surface area contributed by atoms with Crippen molar-refractivity contribution in [3.05, 3.63) is 76.8 Å². The summed E-state index contributed by atoms with van der Waals surface area (Å²) in [6, 6.07) is 17.3. The molecule has 0 saturated carbocycles. The molecule has 1 aliphatic heterocycles. The minimum atomic E-state index is 0.245. The zero-order chi connectivity index (χ0) is 17.6. The van der Waals surface area contributed by atoms with Gasteiger partial charge in [0.05, 0.1) is 13.2 Å². The standard InChI is InChI=1S/C21H25BrN2O/c1-3-11-23-12-14-24(15-13-23)21(17-7-9-19(22)10-8-17)18-5-4-6-20(16-18)25-2/h3-10,16,21H,1,11-15H2,2H3. The van der Waals surface area contributed by atoms with Crippen LogP contribution in [0.15, 0.2) is 65.7 Å². The third-order valence-corrected chi connectivity index (χ3v) is 5.28. The third kappa shape index (κ3) is 4.51. The van der Waals surface area contributed by atoms with E-state index < -0.39 is 0 Å². The molecule has 3 nitrogen and oxygen atoms in total. The van der Waals surface area contributed by atoms with Crippen molar-refractivity contribution in [1.29, 1.82) is 0 Å². The zero-order valence-corrected chi connectivity index (χ0v) is 16.3. The molecule has 0 amide bonds. The second kappa shape index (κ2) is 8.65. The van der Waals surface area contributed by atoms with Gasteiger partial charge in [-0.1, -0.05) is 46.3 Å². The molecule has 0 aliphatic carbocycles. The Kier molecular flexibility index (Phi) is 6.29. The van der Waals surface area contributed by atoms with Crippen LogP contribution in [0.4, 0.5) is 0 Å². The van der Waals surface area contributed by atoms with Crippen molar-refractivity contribution in [1.82, 2.24) is 9.80 Å². The predicted octanol–water partition coefficient (Wildman–Crippen LogP) is 4.35. The molecule has 1 atom stereocenters. The topological polar surface area (TPSA) is 15.7 Å². The van der Waals surface area contributed by atoms with E-state index in [2.05, 4.69) is 74.8 Å². The van der Waals surface area contributed by atoms with Crippen LogP contribution in [0, 0.1) is 0 Å². The van der Waals surface area contributed by atoms with E-state index in [0.29, 0.717) is 0 Å². The van der Waals surface area contributed by atoms with E-state index in [1.807, 2.05) is 12.1 Å². The lowest BCUT2D eigenvalue weighted by Gasteiger charge is -2.39. The summed E-state index contributed by atoms with van der Waals surface area (Å²) in [5.74, 6) is 0.907. The first kappa shape index (κ1) is 18.2. The van der Waals surface area contributed by atoms with E-state index in [9.17, 15) is 0 Å². The van der Waals surface area contributed by atoms with Crippen LogP contribution in [0.3, 0.4) is 0 Å². The number of hydrogen-bond acceptors (Lipinski definition) is 3. The van der Waals surface area contributed by atoms with Crippen molar-refractivity contribution >= 4 is 15.9 Å². The van der Waals surface area contributed by atoms with Gasteiger partial charge in [0.2, 0.25) is 0 Å². The van der Waals surface area contributed by atoms with Gasteiger partial charge in [-0.05, 0) is 35.4 Å². The lowest BCUT2D eigenvalue weighted by Crippen LogP contribution is -2.47. The highest BCUT2D eigenvalue weighted by Gasteiger charge is 2.26. The summed E-state index contributed by atoms with van der Waals surface area (Å²) in [5.41, 5.74) is 2.59. The molecule has 0 radical (unpaired) electrons. The highest BCUT2D eigenvalue weighted by atomic mass is 79.9. The van der Waals surface area contributed by atoms with Gasteiger partial charge in [-0.25, -0.2) is 0 Å². The Morgan fingerprint density at radius 3 is 2.44 bits per heavy atom. The Labute approximate surface area is 159 Å². The first-order valence-electron chi connectivity index (χ1n) is 8.68. The fourth-order valence-corrected chi connectivity index (χ4v) is 3.72. The molecular weight excluding hydrogens is 376 g/mol. The third-order valence-electron chi connectivity index (χ3n) is 4.75. The lowest BCUT2D eigenvalue weighted by molar-refractivity contribution is 0.117.